The second-order valence-corrected chi connectivity index (χ2v) is 10.8. The number of nitrogens with zero attached hydrogens (tertiary/aromatic N) is 2. The predicted octanol–water partition coefficient (Wildman–Crippen LogP) is 2.04. The van der Waals surface area contributed by atoms with Crippen LogP contribution < -0.4 is 11.0 Å². The van der Waals surface area contributed by atoms with E-state index in [1.165, 1.54) is 21.6 Å². The molecule has 1 fully saturated rings. The van der Waals surface area contributed by atoms with Gasteiger partial charge >= 0.3 is 23.7 Å². The van der Waals surface area contributed by atoms with Crippen LogP contribution in [0.3, 0.4) is 0 Å². The summed E-state index contributed by atoms with van der Waals surface area (Å²) >= 11 is 0. The van der Waals surface area contributed by atoms with Gasteiger partial charge in [-0.05, 0) is 26.3 Å². The molecular formula is C20H29F2N3O8S2. The van der Waals surface area contributed by atoms with E-state index in [1.54, 1.807) is 0 Å². The van der Waals surface area contributed by atoms with Crippen LogP contribution in [0.1, 0.15) is 33.4 Å². The number of anilines is 1. The molecule has 3 unspecified atom stereocenters. The Hall–Kier alpha value is -1.94. The van der Waals surface area contributed by atoms with Crippen molar-refractivity contribution in [1.82, 2.24) is 9.55 Å². The summed E-state index contributed by atoms with van der Waals surface area (Å²) in [7, 11) is 2.87. The SMILES string of the molecule is CCC(C)(C)C(=O)OCCSSCCOC(=O)Nc1ccn(C2OC(CO)C(O)C2(F)F)c(=O)n1. The van der Waals surface area contributed by atoms with E-state index in [4.69, 9.17) is 19.3 Å². The van der Waals surface area contributed by atoms with Crippen LogP contribution >= 0.6 is 21.6 Å². The number of rotatable bonds is 12. The number of amides is 1. The van der Waals surface area contributed by atoms with Crippen molar-refractivity contribution >= 4 is 39.5 Å². The van der Waals surface area contributed by atoms with Gasteiger partial charge in [0.2, 0.25) is 6.23 Å². The molecule has 1 aromatic rings. The van der Waals surface area contributed by atoms with Gasteiger partial charge in [-0.1, -0.05) is 28.5 Å². The van der Waals surface area contributed by atoms with Gasteiger partial charge in [-0.2, -0.15) is 13.8 Å². The van der Waals surface area contributed by atoms with Crippen molar-refractivity contribution in [2.24, 2.45) is 5.41 Å². The zero-order valence-corrected chi connectivity index (χ0v) is 21.1. The highest BCUT2D eigenvalue weighted by atomic mass is 33.1. The number of alkyl halides is 2. The Morgan fingerprint density at radius 3 is 2.46 bits per heavy atom. The van der Waals surface area contributed by atoms with Gasteiger partial charge in [-0.3, -0.25) is 14.7 Å². The second-order valence-electron chi connectivity index (χ2n) is 8.11. The average molecular weight is 542 g/mol. The molecule has 1 aliphatic heterocycles. The van der Waals surface area contributed by atoms with Gasteiger partial charge < -0.3 is 24.4 Å². The monoisotopic (exact) mass is 541 g/mol. The van der Waals surface area contributed by atoms with E-state index in [2.05, 4.69) is 10.3 Å². The molecule has 0 bridgehead atoms. The minimum absolute atomic E-state index is 0.0474. The Labute approximate surface area is 208 Å². The average Bonchev–Trinajstić information content (AvgIpc) is 3.03. The molecule has 0 aromatic carbocycles. The van der Waals surface area contributed by atoms with E-state index in [1.807, 2.05) is 20.8 Å². The van der Waals surface area contributed by atoms with E-state index in [0.29, 0.717) is 22.5 Å². The minimum atomic E-state index is -3.84. The lowest BCUT2D eigenvalue weighted by Crippen LogP contribution is -2.41. The first kappa shape index (κ1) is 29.3. The van der Waals surface area contributed by atoms with E-state index in [-0.39, 0.29) is 25.0 Å². The molecule has 11 nitrogen and oxygen atoms in total. The minimum Gasteiger partial charge on any atom is -0.464 e. The number of aromatic nitrogens is 2. The highest BCUT2D eigenvalue weighted by Gasteiger charge is 2.59. The number of carbonyl (C=O) groups is 2. The van der Waals surface area contributed by atoms with Gasteiger partial charge in [0.15, 0.2) is 6.10 Å². The second kappa shape index (κ2) is 12.9. The third kappa shape index (κ3) is 7.77. The standard InChI is InChI=1S/C20H29F2N3O8S2/c1-4-19(2,3)16(28)31-7-9-34-35-10-8-32-18(30)24-13-5-6-25(17(29)23-13)15-20(21,22)14(27)12(11-26)33-15/h5-6,12,14-15,26-27H,4,7-11H2,1-3H3,(H,23,24,29,30). The summed E-state index contributed by atoms with van der Waals surface area (Å²) in [6, 6.07) is 1.09. The number of hydrogen-bond donors (Lipinski definition) is 3. The number of carbonyl (C=O) groups excluding carboxylic acids is 2. The first-order chi connectivity index (χ1) is 16.4. The molecule has 1 aliphatic rings. The highest BCUT2D eigenvalue weighted by Crippen LogP contribution is 2.42. The van der Waals surface area contributed by atoms with Crippen molar-refractivity contribution in [2.45, 2.75) is 51.6 Å². The number of nitrogens with one attached hydrogen (secondary N) is 1. The first-order valence-corrected chi connectivity index (χ1v) is 13.2. The van der Waals surface area contributed by atoms with Gasteiger partial charge in [-0.15, -0.1) is 0 Å². The maximum absolute atomic E-state index is 14.2. The Bertz CT molecular complexity index is 934. The van der Waals surface area contributed by atoms with Crippen molar-refractivity contribution in [1.29, 1.82) is 0 Å². The van der Waals surface area contributed by atoms with Crippen LogP contribution in [0.4, 0.5) is 19.4 Å². The number of ether oxygens (including phenoxy) is 3. The Morgan fingerprint density at radius 1 is 1.29 bits per heavy atom. The van der Waals surface area contributed by atoms with Gasteiger partial charge in [0.05, 0.1) is 12.0 Å². The van der Waals surface area contributed by atoms with Gasteiger partial charge in [-0.25, -0.2) is 9.59 Å². The summed E-state index contributed by atoms with van der Waals surface area (Å²) in [5.74, 6) is -3.29. The molecule has 15 heteroatoms. The van der Waals surface area contributed by atoms with Gasteiger partial charge in [0.1, 0.15) is 25.1 Å². The number of aliphatic hydroxyl groups is 2. The van der Waals surface area contributed by atoms with Crippen LogP contribution in [0, 0.1) is 5.41 Å². The third-order valence-electron chi connectivity index (χ3n) is 5.19. The molecule has 2 rings (SSSR count). The summed E-state index contributed by atoms with van der Waals surface area (Å²) in [4.78, 5) is 39.4. The molecular weight excluding hydrogens is 512 g/mol. The first-order valence-electron chi connectivity index (χ1n) is 10.7. The lowest BCUT2D eigenvalue weighted by molar-refractivity contribution is -0.153. The molecule has 2 heterocycles. The van der Waals surface area contributed by atoms with Crippen LogP contribution in [0.15, 0.2) is 17.1 Å². The molecule has 198 valence electrons. The summed E-state index contributed by atoms with van der Waals surface area (Å²) in [5.41, 5.74) is -1.67. The number of esters is 1. The third-order valence-corrected chi connectivity index (χ3v) is 7.52. The predicted molar refractivity (Wildman–Crippen MR) is 125 cm³/mol. The van der Waals surface area contributed by atoms with Crippen LogP contribution in [-0.4, -0.2) is 81.3 Å². The molecule has 1 saturated heterocycles. The van der Waals surface area contributed by atoms with Crippen molar-refractivity contribution in [3.63, 3.8) is 0 Å². The van der Waals surface area contributed by atoms with Gasteiger partial charge in [0, 0.05) is 17.7 Å². The molecule has 3 N–H and O–H groups in total. The Morgan fingerprint density at radius 2 is 1.91 bits per heavy atom. The molecule has 35 heavy (non-hydrogen) atoms. The normalized spacial score (nSPS) is 21.5. The van der Waals surface area contributed by atoms with Gasteiger partial charge in [0.25, 0.3) is 0 Å². The van der Waals surface area contributed by atoms with Crippen LogP contribution in [-0.2, 0) is 19.0 Å². The zero-order chi connectivity index (χ0) is 26.2. The Kier molecular flexibility index (Phi) is 10.8. The largest absolute Gasteiger partial charge is 0.464 e. The summed E-state index contributed by atoms with van der Waals surface area (Å²) < 4.78 is 43.9. The smallest absolute Gasteiger partial charge is 0.412 e. The lowest BCUT2D eigenvalue weighted by atomic mass is 9.91. The lowest BCUT2D eigenvalue weighted by Gasteiger charge is -2.21. The van der Waals surface area contributed by atoms with Crippen molar-refractivity contribution < 1.29 is 42.8 Å². The highest BCUT2D eigenvalue weighted by molar-refractivity contribution is 8.76. The molecule has 0 spiro atoms. The fraction of sp³-hybridized carbons (Fsp3) is 0.700. The molecule has 1 amide bonds. The fourth-order valence-electron chi connectivity index (χ4n) is 2.71. The van der Waals surface area contributed by atoms with Crippen molar-refractivity contribution in [3.05, 3.63) is 22.7 Å². The number of aliphatic hydroxyl groups excluding tert-OH is 2. The molecule has 1 aromatic heterocycles. The van der Waals surface area contributed by atoms with E-state index in [9.17, 15) is 28.3 Å². The molecule has 0 saturated carbocycles. The molecule has 0 radical (unpaired) electrons. The van der Waals surface area contributed by atoms with Crippen LogP contribution in [0.5, 0.6) is 0 Å². The number of hydrogen-bond acceptors (Lipinski definition) is 11. The molecule has 3 atom stereocenters. The summed E-state index contributed by atoms with van der Waals surface area (Å²) in [5, 5.41) is 20.8. The quantitative estimate of drug-likeness (QED) is 0.203. The van der Waals surface area contributed by atoms with Crippen LogP contribution in [0.2, 0.25) is 0 Å². The van der Waals surface area contributed by atoms with E-state index >= 15 is 0 Å². The maximum atomic E-state index is 14.2. The van der Waals surface area contributed by atoms with Crippen molar-refractivity contribution in [3.8, 4) is 0 Å². The van der Waals surface area contributed by atoms with Crippen LogP contribution in [0.25, 0.3) is 0 Å². The maximum Gasteiger partial charge on any atom is 0.412 e. The fourth-order valence-corrected chi connectivity index (χ4v) is 4.37. The zero-order valence-electron chi connectivity index (χ0n) is 19.4. The summed E-state index contributed by atoms with van der Waals surface area (Å²) in [6.45, 7) is 5.02. The Balaban J connectivity index is 1.71. The van der Waals surface area contributed by atoms with E-state index in [0.717, 1.165) is 12.3 Å². The summed E-state index contributed by atoms with van der Waals surface area (Å²) in [6.07, 6.45) is -5.30. The van der Waals surface area contributed by atoms with Crippen molar-refractivity contribution in [2.75, 3.05) is 36.6 Å². The topological polar surface area (TPSA) is 149 Å². The molecule has 0 aliphatic carbocycles. The number of halogens is 2. The van der Waals surface area contributed by atoms with E-state index < -0.39 is 48.2 Å².